The van der Waals surface area contributed by atoms with Crippen LogP contribution < -0.4 is 10.6 Å². The Morgan fingerprint density at radius 1 is 1.21 bits per heavy atom. The Kier molecular flexibility index (Phi) is 6.78. The van der Waals surface area contributed by atoms with Gasteiger partial charge >= 0.3 is 5.97 Å². The van der Waals surface area contributed by atoms with Crippen molar-refractivity contribution in [1.82, 2.24) is 5.32 Å². The van der Waals surface area contributed by atoms with Gasteiger partial charge < -0.3 is 15.4 Å². The molecule has 0 unspecified atom stereocenters. The molecule has 0 radical (unpaired) electrons. The molecule has 1 aromatic rings. The molecule has 6 heteroatoms. The van der Waals surface area contributed by atoms with Gasteiger partial charge in [0.15, 0.2) is 0 Å². The molecule has 1 aliphatic rings. The second-order valence-corrected chi connectivity index (χ2v) is 5.95. The molecule has 2 rings (SSSR count). The first kappa shape index (κ1) is 18.0. The van der Waals surface area contributed by atoms with Gasteiger partial charge in [0, 0.05) is 25.1 Å². The molecular formula is C18H24N2O4. The molecule has 130 valence electrons. The first-order valence-corrected chi connectivity index (χ1v) is 8.33. The lowest BCUT2D eigenvalue weighted by atomic mass is 10.0. The van der Waals surface area contributed by atoms with Crippen molar-refractivity contribution in [2.75, 3.05) is 19.0 Å². The minimum Gasteiger partial charge on any atom is -0.469 e. The fraction of sp³-hybridized carbons (Fsp3) is 0.500. The third-order valence-corrected chi connectivity index (χ3v) is 4.02. The standard InChI is InChI=1S/C18H24N2O4/c1-24-18(23)7-2-3-10-19-16(21)6-4-5-13-8-9-15-14(11-13)12-17(22)20-15/h8-9,11H,2-7,10,12H2,1H3,(H,19,21)(H,20,22). The Balaban J connectivity index is 1.59. The molecule has 0 spiro atoms. The van der Waals surface area contributed by atoms with E-state index in [1.807, 2.05) is 18.2 Å². The van der Waals surface area contributed by atoms with E-state index in [0.29, 0.717) is 25.8 Å². The third-order valence-electron chi connectivity index (χ3n) is 4.02. The fourth-order valence-electron chi connectivity index (χ4n) is 2.70. The van der Waals surface area contributed by atoms with Crippen molar-refractivity contribution >= 4 is 23.5 Å². The maximum Gasteiger partial charge on any atom is 0.305 e. The van der Waals surface area contributed by atoms with Gasteiger partial charge in [0.05, 0.1) is 13.5 Å². The highest BCUT2D eigenvalue weighted by Crippen LogP contribution is 2.24. The smallest absolute Gasteiger partial charge is 0.305 e. The van der Waals surface area contributed by atoms with Gasteiger partial charge in [-0.05, 0) is 42.9 Å². The van der Waals surface area contributed by atoms with Gasteiger partial charge in [-0.25, -0.2) is 0 Å². The van der Waals surface area contributed by atoms with E-state index in [-0.39, 0.29) is 17.8 Å². The first-order valence-electron chi connectivity index (χ1n) is 8.33. The monoisotopic (exact) mass is 332 g/mol. The summed E-state index contributed by atoms with van der Waals surface area (Å²) in [5.74, 6) is -0.146. The Bertz CT molecular complexity index is 613. The molecule has 0 aromatic heterocycles. The number of ether oxygens (including phenoxy) is 1. The first-order chi connectivity index (χ1) is 11.6. The maximum atomic E-state index is 11.8. The highest BCUT2D eigenvalue weighted by atomic mass is 16.5. The Morgan fingerprint density at radius 3 is 2.83 bits per heavy atom. The molecule has 0 atom stereocenters. The van der Waals surface area contributed by atoms with E-state index in [2.05, 4.69) is 15.4 Å². The number of nitrogens with one attached hydrogen (secondary N) is 2. The van der Waals surface area contributed by atoms with Gasteiger partial charge in [-0.1, -0.05) is 12.1 Å². The average Bonchev–Trinajstić information content (AvgIpc) is 2.93. The summed E-state index contributed by atoms with van der Waals surface area (Å²) in [6.07, 6.45) is 4.38. The van der Waals surface area contributed by atoms with Gasteiger partial charge in [-0.2, -0.15) is 0 Å². The number of esters is 1. The molecule has 1 aromatic carbocycles. The molecule has 0 aliphatic carbocycles. The normalized spacial score (nSPS) is 12.5. The fourth-order valence-corrected chi connectivity index (χ4v) is 2.70. The van der Waals surface area contributed by atoms with Gasteiger partial charge in [0.25, 0.3) is 0 Å². The van der Waals surface area contributed by atoms with E-state index >= 15 is 0 Å². The lowest BCUT2D eigenvalue weighted by Crippen LogP contribution is -2.24. The van der Waals surface area contributed by atoms with Crippen LogP contribution in [0.5, 0.6) is 0 Å². The second-order valence-electron chi connectivity index (χ2n) is 5.95. The number of carbonyl (C=O) groups is 3. The van der Waals surface area contributed by atoms with E-state index < -0.39 is 0 Å². The lowest BCUT2D eigenvalue weighted by molar-refractivity contribution is -0.140. The Hall–Kier alpha value is -2.37. The van der Waals surface area contributed by atoms with Crippen molar-refractivity contribution in [2.45, 2.75) is 44.9 Å². The van der Waals surface area contributed by atoms with Gasteiger partial charge in [0.1, 0.15) is 0 Å². The van der Waals surface area contributed by atoms with Gasteiger partial charge in [-0.15, -0.1) is 0 Å². The summed E-state index contributed by atoms with van der Waals surface area (Å²) in [6, 6.07) is 5.96. The molecule has 2 N–H and O–H groups in total. The number of hydrogen-bond acceptors (Lipinski definition) is 4. The summed E-state index contributed by atoms with van der Waals surface area (Å²) >= 11 is 0. The molecule has 2 amide bonds. The van der Waals surface area contributed by atoms with Crippen LogP contribution in [0.3, 0.4) is 0 Å². The van der Waals surface area contributed by atoms with Crippen molar-refractivity contribution in [3.8, 4) is 0 Å². The average molecular weight is 332 g/mol. The molecule has 24 heavy (non-hydrogen) atoms. The third kappa shape index (κ3) is 5.68. The summed E-state index contributed by atoms with van der Waals surface area (Å²) in [5, 5.41) is 5.67. The number of hydrogen-bond donors (Lipinski definition) is 2. The molecular weight excluding hydrogens is 308 g/mol. The van der Waals surface area contributed by atoms with Crippen LogP contribution in [0.25, 0.3) is 0 Å². The maximum absolute atomic E-state index is 11.8. The van der Waals surface area contributed by atoms with Crippen molar-refractivity contribution in [1.29, 1.82) is 0 Å². The van der Waals surface area contributed by atoms with Crippen LogP contribution in [0.4, 0.5) is 5.69 Å². The molecule has 0 bridgehead atoms. The van der Waals surface area contributed by atoms with Crippen LogP contribution in [0.1, 0.15) is 43.2 Å². The quantitative estimate of drug-likeness (QED) is 0.535. The number of fused-ring (bicyclic) bond motifs is 1. The minimum absolute atomic E-state index is 0.0334. The highest BCUT2D eigenvalue weighted by Gasteiger charge is 2.17. The van der Waals surface area contributed by atoms with Crippen LogP contribution in [-0.2, 0) is 32.0 Å². The number of methoxy groups -OCH3 is 1. The molecule has 1 aliphatic heterocycles. The summed E-state index contributed by atoms with van der Waals surface area (Å²) in [6.45, 7) is 0.586. The van der Waals surface area contributed by atoms with Gasteiger partial charge in [-0.3, -0.25) is 14.4 Å². The van der Waals surface area contributed by atoms with E-state index in [1.54, 1.807) is 0 Å². The Morgan fingerprint density at radius 2 is 2.04 bits per heavy atom. The highest BCUT2D eigenvalue weighted by molar-refractivity contribution is 5.99. The number of rotatable bonds is 9. The topological polar surface area (TPSA) is 84.5 Å². The molecule has 6 nitrogen and oxygen atoms in total. The zero-order chi connectivity index (χ0) is 17.4. The number of carbonyl (C=O) groups excluding carboxylic acids is 3. The largest absolute Gasteiger partial charge is 0.469 e. The van der Waals surface area contributed by atoms with Crippen molar-refractivity contribution in [2.24, 2.45) is 0 Å². The van der Waals surface area contributed by atoms with Crippen molar-refractivity contribution in [3.05, 3.63) is 29.3 Å². The Labute approximate surface area is 142 Å². The predicted molar refractivity (Wildman–Crippen MR) is 90.6 cm³/mol. The molecule has 0 saturated heterocycles. The van der Waals surface area contributed by atoms with Crippen molar-refractivity contribution in [3.63, 3.8) is 0 Å². The second kappa shape index (κ2) is 9.05. The lowest BCUT2D eigenvalue weighted by Gasteiger charge is -2.06. The zero-order valence-electron chi connectivity index (χ0n) is 14.0. The molecule has 0 saturated carbocycles. The van der Waals surface area contributed by atoms with Crippen LogP contribution in [0.15, 0.2) is 18.2 Å². The van der Waals surface area contributed by atoms with E-state index in [1.165, 1.54) is 7.11 Å². The van der Waals surface area contributed by atoms with E-state index in [9.17, 15) is 14.4 Å². The summed E-state index contributed by atoms with van der Waals surface area (Å²) < 4.78 is 4.56. The predicted octanol–water partition coefficient (Wildman–Crippen LogP) is 1.96. The van der Waals surface area contributed by atoms with E-state index in [4.69, 9.17) is 0 Å². The summed E-state index contributed by atoms with van der Waals surface area (Å²) in [7, 11) is 1.37. The number of benzene rings is 1. The van der Waals surface area contributed by atoms with Crippen LogP contribution in [-0.4, -0.2) is 31.4 Å². The van der Waals surface area contributed by atoms with Crippen LogP contribution >= 0.6 is 0 Å². The number of aryl methyl sites for hydroxylation is 1. The van der Waals surface area contributed by atoms with Crippen LogP contribution in [0.2, 0.25) is 0 Å². The van der Waals surface area contributed by atoms with Crippen molar-refractivity contribution < 1.29 is 19.1 Å². The summed E-state index contributed by atoms with van der Waals surface area (Å²) in [4.78, 5) is 34.0. The zero-order valence-corrected chi connectivity index (χ0v) is 14.0. The molecule has 1 heterocycles. The minimum atomic E-state index is -0.215. The summed E-state index contributed by atoms with van der Waals surface area (Å²) in [5.41, 5.74) is 3.08. The van der Waals surface area contributed by atoms with E-state index in [0.717, 1.165) is 42.5 Å². The van der Waals surface area contributed by atoms with Gasteiger partial charge in [0.2, 0.25) is 11.8 Å². The SMILES string of the molecule is COC(=O)CCCCNC(=O)CCCc1ccc2c(c1)CC(=O)N2. The number of amides is 2. The number of unbranched alkanes of at least 4 members (excludes halogenated alkanes) is 1. The molecule has 0 fully saturated rings. The number of anilines is 1. The van der Waals surface area contributed by atoms with Crippen LogP contribution in [0, 0.1) is 0 Å².